The highest BCUT2D eigenvalue weighted by Gasteiger charge is 2.28. The van der Waals surface area contributed by atoms with Gasteiger partial charge in [-0.1, -0.05) is 20.8 Å². The van der Waals surface area contributed by atoms with Crippen molar-refractivity contribution in [2.45, 2.75) is 33.2 Å². The van der Waals surface area contributed by atoms with Gasteiger partial charge in [-0.15, -0.1) is 0 Å². The van der Waals surface area contributed by atoms with Crippen molar-refractivity contribution in [1.29, 1.82) is 0 Å². The average molecular weight is 271 g/mol. The molecule has 1 atom stereocenters. The normalized spacial score (nSPS) is 18.4. The maximum atomic E-state index is 12.3. The number of carboxylic acid groups (broad SMARTS) is 1. The molecule has 19 heavy (non-hydrogen) atoms. The van der Waals surface area contributed by atoms with Crippen LogP contribution in [-0.2, 0) is 4.79 Å². The second kappa shape index (κ2) is 7.33. The molecule has 6 nitrogen and oxygen atoms in total. The summed E-state index contributed by atoms with van der Waals surface area (Å²) in [5.41, 5.74) is 0. The quantitative estimate of drug-likeness (QED) is 0.777. The molecule has 2 amide bonds. The van der Waals surface area contributed by atoms with E-state index in [1.165, 1.54) is 0 Å². The van der Waals surface area contributed by atoms with E-state index in [9.17, 15) is 9.59 Å². The molecule has 0 aromatic heterocycles. The molecule has 1 rings (SSSR count). The Kier molecular flexibility index (Phi) is 6.08. The molecule has 0 aromatic rings. The molecular formula is C13H25N3O3. The van der Waals surface area contributed by atoms with Crippen LogP contribution in [0.2, 0.25) is 0 Å². The van der Waals surface area contributed by atoms with Crippen LogP contribution in [0.3, 0.4) is 0 Å². The molecule has 1 saturated heterocycles. The Hall–Kier alpha value is -1.30. The summed E-state index contributed by atoms with van der Waals surface area (Å²) in [5, 5.41) is 11.2. The van der Waals surface area contributed by atoms with E-state index in [0.717, 1.165) is 19.6 Å². The molecular weight excluding hydrogens is 246 g/mol. The predicted octanol–water partition coefficient (Wildman–Crippen LogP) is 0.833. The van der Waals surface area contributed by atoms with Gasteiger partial charge < -0.3 is 20.2 Å². The van der Waals surface area contributed by atoms with Gasteiger partial charge in [-0.25, -0.2) is 4.79 Å². The van der Waals surface area contributed by atoms with Crippen LogP contribution in [0, 0.1) is 5.92 Å². The van der Waals surface area contributed by atoms with Crippen molar-refractivity contribution in [2.75, 3.05) is 32.7 Å². The van der Waals surface area contributed by atoms with Gasteiger partial charge in [0.25, 0.3) is 0 Å². The smallest absolute Gasteiger partial charge is 0.405 e. The average Bonchev–Trinajstić information content (AvgIpc) is 2.36. The first-order valence-corrected chi connectivity index (χ1v) is 6.94. The van der Waals surface area contributed by atoms with Crippen molar-refractivity contribution < 1.29 is 14.7 Å². The van der Waals surface area contributed by atoms with Crippen LogP contribution in [0.25, 0.3) is 0 Å². The number of amides is 2. The number of piperazine rings is 1. The Morgan fingerprint density at radius 1 is 1.21 bits per heavy atom. The summed E-state index contributed by atoms with van der Waals surface area (Å²) >= 11 is 0. The van der Waals surface area contributed by atoms with E-state index in [1.807, 2.05) is 13.8 Å². The maximum absolute atomic E-state index is 12.3. The van der Waals surface area contributed by atoms with Gasteiger partial charge in [0.2, 0.25) is 5.91 Å². The SMILES string of the molecule is CCN1CCN(C(=O)C(CC(C)C)NC(=O)O)CC1. The van der Waals surface area contributed by atoms with Gasteiger partial charge >= 0.3 is 6.09 Å². The zero-order valence-corrected chi connectivity index (χ0v) is 12.1. The number of nitrogens with zero attached hydrogens (tertiary/aromatic N) is 2. The van der Waals surface area contributed by atoms with Gasteiger partial charge in [0.15, 0.2) is 0 Å². The standard InChI is InChI=1S/C13H25N3O3/c1-4-15-5-7-16(8-6-15)12(17)11(9-10(2)3)14-13(18)19/h10-11,14H,4-9H2,1-3H3,(H,18,19). The van der Waals surface area contributed by atoms with Gasteiger partial charge in [0, 0.05) is 26.2 Å². The molecule has 0 spiro atoms. The number of likely N-dealkylation sites (N-methyl/N-ethyl adjacent to an activating group) is 1. The first-order chi connectivity index (χ1) is 8.93. The third-order valence-electron chi connectivity index (χ3n) is 3.43. The molecule has 110 valence electrons. The minimum atomic E-state index is -1.13. The Morgan fingerprint density at radius 3 is 2.21 bits per heavy atom. The molecule has 0 saturated carbocycles. The fourth-order valence-electron chi connectivity index (χ4n) is 2.35. The molecule has 1 aliphatic rings. The van der Waals surface area contributed by atoms with E-state index in [1.54, 1.807) is 4.90 Å². The van der Waals surface area contributed by atoms with Crippen molar-refractivity contribution in [3.05, 3.63) is 0 Å². The number of carbonyl (C=O) groups is 2. The predicted molar refractivity (Wildman–Crippen MR) is 73.1 cm³/mol. The molecule has 6 heteroatoms. The van der Waals surface area contributed by atoms with Gasteiger partial charge in [-0.3, -0.25) is 4.79 Å². The second-order valence-electron chi connectivity index (χ2n) is 5.39. The highest BCUT2D eigenvalue weighted by Crippen LogP contribution is 2.10. The minimum Gasteiger partial charge on any atom is -0.465 e. The lowest BCUT2D eigenvalue weighted by molar-refractivity contribution is -0.135. The summed E-state index contributed by atoms with van der Waals surface area (Å²) < 4.78 is 0. The molecule has 2 N–H and O–H groups in total. The first kappa shape index (κ1) is 15.8. The fourth-order valence-corrected chi connectivity index (χ4v) is 2.35. The summed E-state index contributed by atoms with van der Waals surface area (Å²) in [7, 11) is 0. The van der Waals surface area contributed by atoms with E-state index in [0.29, 0.717) is 19.5 Å². The Bertz CT molecular complexity index is 312. The lowest BCUT2D eigenvalue weighted by Crippen LogP contribution is -2.55. The Balaban J connectivity index is 2.58. The Labute approximate surface area is 114 Å². The first-order valence-electron chi connectivity index (χ1n) is 6.94. The number of nitrogens with one attached hydrogen (secondary N) is 1. The van der Waals surface area contributed by atoms with Crippen LogP contribution in [0.5, 0.6) is 0 Å². The zero-order chi connectivity index (χ0) is 14.4. The van der Waals surface area contributed by atoms with Gasteiger partial charge in [-0.2, -0.15) is 0 Å². The molecule has 1 heterocycles. The number of carbonyl (C=O) groups excluding carboxylic acids is 1. The van der Waals surface area contributed by atoms with E-state index in [4.69, 9.17) is 5.11 Å². The largest absolute Gasteiger partial charge is 0.465 e. The third-order valence-corrected chi connectivity index (χ3v) is 3.43. The molecule has 1 unspecified atom stereocenters. The summed E-state index contributed by atoms with van der Waals surface area (Å²) in [6.07, 6.45) is -0.592. The van der Waals surface area contributed by atoms with Crippen LogP contribution in [0.4, 0.5) is 4.79 Å². The third kappa shape index (κ3) is 5.06. The fraction of sp³-hybridized carbons (Fsp3) is 0.846. The number of hydrogen-bond donors (Lipinski definition) is 2. The monoisotopic (exact) mass is 271 g/mol. The van der Waals surface area contributed by atoms with Crippen LogP contribution < -0.4 is 5.32 Å². The highest BCUT2D eigenvalue weighted by atomic mass is 16.4. The maximum Gasteiger partial charge on any atom is 0.405 e. The van der Waals surface area contributed by atoms with Crippen molar-refractivity contribution in [2.24, 2.45) is 5.92 Å². The molecule has 0 radical (unpaired) electrons. The van der Waals surface area contributed by atoms with Gasteiger partial charge in [0.05, 0.1) is 0 Å². The van der Waals surface area contributed by atoms with Crippen LogP contribution in [0.15, 0.2) is 0 Å². The van der Waals surface area contributed by atoms with Crippen LogP contribution in [-0.4, -0.2) is 65.7 Å². The summed E-state index contributed by atoms with van der Waals surface area (Å²) in [5.74, 6) is 0.185. The topological polar surface area (TPSA) is 72.9 Å². The van der Waals surface area contributed by atoms with E-state index in [2.05, 4.69) is 17.1 Å². The van der Waals surface area contributed by atoms with Crippen molar-refractivity contribution in [3.63, 3.8) is 0 Å². The molecule has 0 bridgehead atoms. The van der Waals surface area contributed by atoms with Gasteiger partial charge in [-0.05, 0) is 18.9 Å². The lowest BCUT2D eigenvalue weighted by atomic mass is 10.0. The Morgan fingerprint density at radius 2 is 1.79 bits per heavy atom. The zero-order valence-electron chi connectivity index (χ0n) is 12.1. The number of rotatable bonds is 5. The summed E-state index contributed by atoms with van der Waals surface area (Å²) in [6.45, 7) is 10.2. The van der Waals surface area contributed by atoms with Gasteiger partial charge in [0.1, 0.15) is 6.04 Å². The van der Waals surface area contributed by atoms with Crippen LogP contribution in [0.1, 0.15) is 27.2 Å². The minimum absolute atomic E-state index is 0.0909. The number of hydrogen-bond acceptors (Lipinski definition) is 3. The lowest BCUT2D eigenvalue weighted by Gasteiger charge is -2.36. The summed E-state index contributed by atoms with van der Waals surface area (Å²) in [6, 6.07) is -0.620. The van der Waals surface area contributed by atoms with Crippen molar-refractivity contribution in [3.8, 4) is 0 Å². The molecule has 1 aliphatic heterocycles. The van der Waals surface area contributed by atoms with E-state index >= 15 is 0 Å². The second-order valence-corrected chi connectivity index (χ2v) is 5.39. The summed E-state index contributed by atoms with van der Waals surface area (Å²) in [4.78, 5) is 27.2. The van der Waals surface area contributed by atoms with Crippen LogP contribution >= 0.6 is 0 Å². The molecule has 0 aromatic carbocycles. The van der Waals surface area contributed by atoms with E-state index in [-0.39, 0.29) is 11.8 Å². The van der Waals surface area contributed by atoms with E-state index < -0.39 is 12.1 Å². The van der Waals surface area contributed by atoms with Crippen molar-refractivity contribution in [1.82, 2.24) is 15.1 Å². The molecule has 0 aliphatic carbocycles. The molecule has 1 fully saturated rings. The van der Waals surface area contributed by atoms with Crippen molar-refractivity contribution >= 4 is 12.0 Å². The highest BCUT2D eigenvalue weighted by molar-refractivity contribution is 5.85.